The predicted octanol–water partition coefficient (Wildman–Crippen LogP) is 9.76. The highest BCUT2D eigenvalue weighted by Gasteiger charge is 2.46. The first-order valence-corrected chi connectivity index (χ1v) is 18.8. The van der Waals surface area contributed by atoms with E-state index in [0.29, 0.717) is 23.9 Å². The second kappa shape index (κ2) is 22.9. The molecule has 1 atom stereocenters. The van der Waals surface area contributed by atoms with Crippen LogP contribution in [0.3, 0.4) is 0 Å². The summed E-state index contributed by atoms with van der Waals surface area (Å²) in [4.78, 5) is 18.1. The van der Waals surface area contributed by atoms with Crippen molar-refractivity contribution in [2.24, 2.45) is 11.3 Å². The Hall–Kier alpha value is -0.610. The van der Waals surface area contributed by atoms with Crippen LogP contribution in [0, 0.1) is 11.3 Å². The summed E-state index contributed by atoms with van der Waals surface area (Å²) in [7, 11) is 0. The Labute approximate surface area is 257 Å². The van der Waals surface area contributed by atoms with Crippen molar-refractivity contribution in [3.63, 3.8) is 0 Å². The highest BCUT2D eigenvalue weighted by atomic mass is 16.2. The predicted molar refractivity (Wildman–Crippen MR) is 180 cm³/mol. The van der Waals surface area contributed by atoms with E-state index in [1.807, 2.05) is 0 Å². The zero-order valence-corrected chi connectivity index (χ0v) is 28.5. The lowest BCUT2D eigenvalue weighted by molar-refractivity contribution is -0.146. The van der Waals surface area contributed by atoms with Gasteiger partial charge in [-0.3, -0.25) is 4.79 Å². The van der Waals surface area contributed by atoms with Gasteiger partial charge >= 0.3 is 0 Å². The number of piperidine rings is 1. The maximum absolute atomic E-state index is 13.1. The zero-order valence-electron chi connectivity index (χ0n) is 28.5. The molecule has 2 aliphatic rings. The Morgan fingerprint density at radius 1 is 0.634 bits per heavy atom. The molecule has 0 bridgehead atoms. The van der Waals surface area contributed by atoms with Gasteiger partial charge in [0.05, 0.1) is 6.54 Å². The number of likely N-dealkylation sites (tertiary alicyclic amines) is 2. The van der Waals surface area contributed by atoms with E-state index in [-0.39, 0.29) is 0 Å². The minimum Gasteiger partial charge on any atom is -0.340 e. The van der Waals surface area contributed by atoms with Crippen molar-refractivity contribution in [3.8, 4) is 0 Å². The van der Waals surface area contributed by atoms with Gasteiger partial charge in [-0.05, 0) is 57.5 Å². The third-order valence-corrected chi connectivity index (χ3v) is 10.4. The lowest BCUT2D eigenvalue weighted by Crippen LogP contribution is -2.63. The number of amides is 1. The fourth-order valence-corrected chi connectivity index (χ4v) is 7.37. The fourth-order valence-electron chi connectivity index (χ4n) is 7.37. The molecule has 0 saturated carbocycles. The van der Waals surface area contributed by atoms with Crippen LogP contribution < -0.4 is 5.32 Å². The Balaban J connectivity index is 1.68. The molecule has 41 heavy (non-hydrogen) atoms. The maximum Gasteiger partial charge on any atom is 0.236 e. The average molecular weight is 576 g/mol. The Kier molecular flexibility index (Phi) is 20.4. The molecule has 0 aliphatic carbocycles. The molecule has 2 fully saturated rings. The van der Waals surface area contributed by atoms with Gasteiger partial charge in [-0.1, -0.05) is 137 Å². The summed E-state index contributed by atoms with van der Waals surface area (Å²) in [6.07, 6.45) is 31.0. The Morgan fingerprint density at radius 3 is 1.61 bits per heavy atom. The van der Waals surface area contributed by atoms with Gasteiger partial charge in [-0.2, -0.15) is 0 Å². The van der Waals surface area contributed by atoms with Gasteiger partial charge in [0.25, 0.3) is 0 Å². The summed E-state index contributed by atoms with van der Waals surface area (Å²) in [6.45, 7) is 15.6. The minimum atomic E-state index is 0.350. The van der Waals surface area contributed by atoms with Crippen LogP contribution in [-0.4, -0.2) is 61.0 Å². The molecule has 1 unspecified atom stereocenters. The van der Waals surface area contributed by atoms with Crippen molar-refractivity contribution in [2.75, 3.05) is 39.3 Å². The van der Waals surface area contributed by atoms with Crippen LogP contribution >= 0.6 is 0 Å². The molecular formula is C37H73N3O. The van der Waals surface area contributed by atoms with Crippen LogP contribution in [0.15, 0.2) is 0 Å². The molecular weight excluding hydrogens is 502 g/mol. The van der Waals surface area contributed by atoms with Crippen molar-refractivity contribution in [1.29, 1.82) is 0 Å². The number of nitrogens with one attached hydrogen (secondary N) is 1. The van der Waals surface area contributed by atoms with Gasteiger partial charge in [0.1, 0.15) is 0 Å². The van der Waals surface area contributed by atoms with Crippen LogP contribution in [0.1, 0.15) is 175 Å². The third kappa shape index (κ3) is 15.6. The first-order valence-electron chi connectivity index (χ1n) is 18.8. The number of hydrogen-bond donors (Lipinski definition) is 1. The number of rotatable bonds is 26. The smallest absolute Gasteiger partial charge is 0.236 e. The van der Waals surface area contributed by atoms with Crippen molar-refractivity contribution in [2.45, 2.75) is 181 Å². The summed E-state index contributed by atoms with van der Waals surface area (Å²) >= 11 is 0. The topological polar surface area (TPSA) is 35.6 Å². The van der Waals surface area contributed by atoms with E-state index in [4.69, 9.17) is 0 Å². The zero-order chi connectivity index (χ0) is 29.6. The van der Waals surface area contributed by atoms with E-state index in [9.17, 15) is 4.79 Å². The highest BCUT2D eigenvalue weighted by molar-refractivity contribution is 5.79. The molecule has 2 aliphatic heterocycles. The van der Waals surface area contributed by atoms with Crippen molar-refractivity contribution in [1.82, 2.24) is 15.1 Å². The molecule has 1 N–H and O–H groups in total. The van der Waals surface area contributed by atoms with Crippen LogP contribution in [0.5, 0.6) is 0 Å². The molecule has 0 aromatic heterocycles. The third-order valence-electron chi connectivity index (χ3n) is 10.4. The van der Waals surface area contributed by atoms with E-state index >= 15 is 0 Å². The first kappa shape index (κ1) is 36.6. The number of hydrogen-bond acceptors (Lipinski definition) is 3. The van der Waals surface area contributed by atoms with Crippen molar-refractivity contribution >= 4 is 5.91 Å². The lowest BCUT2D eigenvalue weighted by Gasteiger charge is -2.54. The van der Waals surface area contributed by atoms with Gasteiger partial charge in [-0.25, -0.2) is 0 Å². The van der Waals surface area contributed by atoms with E-state index < -0.39 is 0 Å². The number of nitrogens with zero attached hydrogens (tertiary/aromatic N) is 2. The van der Waals surface area contributed by atoms with Crippen LogP contribution in [0.2, 0.25) is 0 Å². The second-order valence-electron chi connectivity index (χ2n) is 14.2. The Morgan fingerprint density at radius 2 is 1.10 bits per heavy atom. The van der Waals surface area contributed by atoms with Crippen LogP contribution in [-0.2, 0) is 4.79 Å². The van der Waals surface area contributed by atoms with Gasteiger partial charge in [-0.15, -0.1) is 0 Å². The van der Waals surface area contributed by atoms with Gasteiger partial charge in [0, 0.05) is 31.1 Å². The molecule has 0 aromatic rings. The van der Waals surface area contributed by atoms with Crippen molar-refractivity contribution < 1.29 is 4.79 Å². The minimum absolute atomic E-state index is 0.350. The monoisotopic (exact) mass is 576 g/mol. The summed E-state index contributed by atoms with van der Waals surface area (Å²) in [5.74, 6) is 1.24. The summed E-state index contributed by atoms with van der Waals surface area (Å²) in [5.41, 5.74) is 0.420. The number of carbonyl (C=O) groups is 1. The van der Waals surface area contributed by atoms with Gasteiger partial charge in [0.15, 0.2) is 0 Å². The number of unbranched alkanes of at least 4 members (excludes halogenated alkanes) is 13. The standard InChI is InChI=1S/C37H73N3O/c1-5-9-13-16-19-23-34(22-12-8-4)31-39-28-26-37(27-29-39)32-40(33-37)36(41)30-38-35(24-20-17-14-10-6-2)25-21-18-15-11-7-3/h34-35,38H,5-33H2,1-4H3. The first-order chi connectivity index (χ1) is 20.1. The molecule has 2 saturated heterocycles. The van der Waals surface area contributed by atoms with Gasteiger partial charge in [0.2, 0.25) is 5.91 Å². The molecule has 0 radical (unpaired) electrons. The van der Waals surface area contributed by atoms with E-state index in [1.54, 1.807) is 0 Å². The summed E-state index contributed by atoms with van der Waals surface area (Å²) < 4.78 is 0. The molecule has 0 aromatic carbocycles. The molecule has 1 amide bonds. The van der Waals surface area contributed by atoms with Crippen molar-refractivity contribution in [3.05, 3.63) is 0 Å². The lowest BCUT2D eigenvalue weighted by atomic mass is 9.71. The molecule has 1 spiro atoms. The molecule has 4 nitrogen and oxygen atoms in total. The molecule has 242 valence electrons. The normalized spacial score (nSPS) is 17.8. The Bertz CT molecular complexity index is 608. The quantitative estimate of drug-likeness (QED) is 0.104. The van der Waals surface area contributed by atoms with E-state index in [1.165, 1.54) is 167 Å². The second-order valence-corrected chi connectivity index (χ2v) is 14.2. The summed E-state index contributed by atoms with van der Waals surface area (Å²) in [6, 6.07) is 0.521. The SMILES string of the molecule is CCCCCCCC(CCCC)CN1CCC2(CC1)CN(C(=O)CNC(CCCCCCC)CCCCCCC)C2. The molecule has 4 heteroatoms. The van der Waals surface area contributed by atoms with E-state index in [0.717, 1.165) is 19.0 Å². The summed E-state index contributed by atoms with van der Waals surface area (Å²) in [5, 5.41) is 3.72. The number of carbonyl (C=O) groups excluding carboxylic acids is 1. The molecule has 2 rings (SSSR count). The highest BCUT2D eigenvalue weighted by Crippen LogP contribution is 2.40. The maximum atomic E-state index is 13.1. The largest absolute Gasteiger partial charge is 0.340 e. The molecule has 2 heterocycles. The van der Waals surface area contributed by atoms with E-state index in [2.05, 4.69) is 42.8 Å². The van der Waals surface area contributed by atoms with Gasteiger partial charge < -0.3 is 15.1 Å². The fraction of sp³-hybridized carbons (Fsp3) is 0.973. The average Bonchev–Trinajstić information content (AvgIpc) is 2.96. The van der Waals surface area contributed by atoms with Crippen LogP contribution in [0.4, 0.5) is 0 Å². The van der Waals surface area contributed by atoms with Crippen LogP contribution in [0.25, 0.3) is 0 Å².